The van der Waals surface area contributed by atoms with Crippen molar-refractivity contribution in [2.24, 2.45) is 0 Å². The molecule has 1 heterocycles. The third kappa shape index (κ3) is 2.54. The fraction of sp³-hybridized carbons (Fsp3) is 0.444. The molecule has 0 unspecified atom stereocenters. The topological polar surface area (TPSA) is 32.3 Å². The first kappa shape index (κ1) is 10.2. The van der Waals surface area contributed by atoms with Gasteiger partial charge in [-0.25, -0.2) is 5.01 Å². The van der Waals surface area contributed by atoms with Crippen molar-refractivity contribution in [1.82, 2.24) is 10.4 Å². The zero-order chi connectivity index (χ0) is 10.0. The van der Waals surface area contributed by atoms with Crippen molar-refractivity contribution in [3.05, 3.63) is 21.4 Å². The summed E-state index contributed by atoms with van der Waals surface area (Å²) in [5.41, 5.74) is 3.49. The van der Waals surface area contributed by atoms with Gasteiger partial charge in [0.15, 0.2) is 0 Å². The van der Waals surface area contributed by atoms with Crippen LogP contribution < -0.4 is 5.43 Å². The molecule has 0 radical (unpaired) electrons. The van der Waals surface area contributed by atoms with E-state index < -0.39 is 0 Å². The first-order chi connectivity index (χ1) is 6.00. The van der Waals surface area contributed by atoms with Gasteiger partial charge in [0.2, 0.25) is 0 Å². The Morgan fingerprint density at radius 2 is 2.08 bits per heavy atom. The molecule has 0 aromatic carbocycles. The van der Waals surface area contributed by atoms with Crippen molar-refractivity contribution in [1.29, 1.82) is 0 Å². The highest BCUT2D eigenvalue weighted by Crippen LogP contribution is 2.20. The Labute approximate surface area is 82.3 Å². The molecule has 0 saturated heterocycles. The SMILES string of the molecule is Cc1cc(C(=O)NN(C)C)c(C)s1. The average molecular weight is 198 g/mol. The second-order valence-corrected chi connectivity index (χ2v) is 4.62. The lowest BCUT2D eigenvalue weighted by molar-refractivity contribution is 0.0857. The number of nitrogens with one attached hydrogen (secondary N) is 1. The summed E-state index contributed by atoms with van der Waals surface area (Å²) >= 11 is 1.65. The van der Waals surface area contributed by atoms with Crippen molar-refractivity contribution in [3.63, 3.8) is 0 Å². The van der Waals surface area contributed by atoms with Crippen LogP contribution >= 0.6 is 11.3 Å². The minimum absolute atomic E-state index is 0.0353. The molecule has 0 bridgehead atoms. The van der Waals surface area contributed by atoms with Crippen molar-refractivity contribution in [3.8, 4) is 0 Å². The molecule has 1 rings (SSSR count). The first-order valence-electron chi connectivity index (χ1n) is 4.06. The molecule has 72 valence electrons. The average Bonchev–Trinajstić information content (AvgIpc) is 2.28. The summed E-state index contributed by atoms with van der Waals surface area (Å²) in [6, 6.07) is 1.92. The van der Waals surface area contributed by atoms with Gasteiger partial charge in [0.1, 0.15) is 0 Å². The monoisotopic (exact) mass is 198 g/mol. The Morgan fingerprint density at radius 3 is 2.46 bits per heavy atom. The molecule has 0 aliphatic carbocycles. The minimum atomic E-state index is -0.0353. The molecular weight excluding hydrogens is 184 g/mol. The maximum absolute atomic E-state index is 11.5. The lowest BCUT2D eigenvalue weighted by atomic mass is 10.2. The number of aryl methyl sites for hydroxylation is 2. The summed E-state index contributed by atoms with van der Waals surface area (Å²) in [6.07, 6.45) is 0. The molecule has 0 fully saturated rings. The zero-order valence-electron chi connectivity index (χ0n) is 8.34. The van der Waals surface area contributed by atoms with Crippen LogP contribution in [0.2, 0.25) is 0 Å². The van der Waals surface area contributed by atoms with E-state index in [4.69, 9.17) is 0 Å². The summed E-state index contributed by atoms with van der Waals surface area (Å²) in [5, 5.41) is 1.65. The van der Waals surface area contributed by atoms with E-state index in [0.717, 1.165) is 10.4 Å². The number of hydrazine groups is 1. The summed E-state index contributed by atoms with van der Waals surface area (Å²) in [5.74, 6) is -0.0353. The van der Waals surface area contributed by atoms with Gasteiger partial charge in [-0.1, -0.05) is 0 Å². The summed E-state index contributed by atoms with van der Waals surface area (Å²) in [6.45, 7) is 3.96. The Hall–Kier alpha value is -0.870. The normalized spacial score (nSPS) is 10.5. The zero-order valence-corrected chi connectivity index (χ0v) is 9.16. The van der Waals surface area contributed by atoms with Gasteiger partial charge in [-0.2, -0.15) is 0 Å². The molecule has 0 spiro atoms. The number of carbonyl (C=O) groups is 1. The van der Waals surface area contributed by atoms with Gasteiger partial charge in [-0.15, -0.1) is 11.3 Å². The van der Waals surface area contributed by atoms with Gasteiger partial charge in [0, 0.05) is 23.8 Å². The second kappa shape index (κ2) is 3.89. The third-order valence-electron chi connectivity index (χ3n) is 1.61. The van der Waals surface area contributed by atoms with E-state index in [-0.39, 0.29) is 5.91 Å². The fourth-order valence-corrected chi connectivity index (χ4v) is 2.04. The quantitative estimate of drug-likeness (QED) is 0.732. The van der Waals surface area contributed by atoms with Crippen LogP contribution in [-0.2, 0) is 0 Å². The predicted octanol–water partition coefficient (Wildman–Crippen LogP) is 1.57. The highest BCUT2D eigenvalue weighted by Gasteiger charge is 2.11. The molecule has 4 heteroatoms. The van der Waals surface area contributed by atoms with Gasteiger partial charge in [-0.05, 0) is 19.9 Å². The summed E-state index contributed by atoms with van der Waals surface area (Å²) < 4.78 is 0. The van der Waals surface area contributed by atoms with Gasteiger partial charge >= 0.3 is 0 Å². The molecule has 1 aromatic rings. The second-order valence-electron chi connectivity index (χ2n) is 3.16. The van der Waals surface area contributed by atoms with Crippen molar-refractivity contribution >= 4 is 17.2 Å². The van der Waals surface area contributed by atoms with Gasteiger partial charge in [0.25, 0.3) is 5.91 Å². The number of nitrogens with zero attached hydrogens (tertiary/aromatic N) is 1. The van der Waals surface area contributed by atoms with Crippen LogP contribution in [0.25, 0.3) is 0 Å². The molecule has 0 saturated carbocycles. The molecule has 0 aliphatic rings. The minimum Gasteiger partial charge on any atom is -0.285 e. The number of rotatable bonds is 2. The standard InChI is InChI=1S/C9H14N2OS/c1-6-5-8(7(2)13-6)9(12)10-11(3)4/h5H,1-4H3,(H,10,12). The largest absolute Gasteiger partial charge is 0.285 e. The van der Waals surface area contributed by atoms with Crippen LogP contribution in [0.15, 0.2) is 6.07 Å². The van der Waals surface area contributed by atoms with E-state index in [2.05, 4.69) is 5.43 Å². The third-order valence-corrected chi connectivity index (χ3v) is 2.58. The number of thiophene rings is 1. The van der Waals surface area contributed by atoms with E-state index in [1.807, 2.05) is 19.9 Å². The van der Waals surface area contributed by atoms with E-state index in [9.17, 15) is 4.79 Å². The van der Waals surface area contributed by atoms with Crippen LogP contribution in [0.3, 0.4) is 0 Å². The number of hydrogen-bond donors (Lipinski definition) is 1. The molecule has 1 aromatic heterocycles. The maximum atomic E-state index is 11.5. The Balaban J connectivity index is 2.82. The Bertz CT molecular complexity index is 317. The lowest BCUT2D eigenvalue weighted by Gasteiger charge is -2.10. The number of carbonyl (C=O) groups excluding carboxylic acids is 1. The van der Waals surface area contributed by atoms with Crippen LogP contribution in [0.5, 0.6) is 0 Å². The maximum Gasteiger partial charge on any atom is 0.266 e. The van der Waals surface area contributed by atoms with Gasteiger partial charge in [-0.3, -0.25) is 10.2 Å². The lowest BCUT2D eigenvalue weighted by Crippen LogP contribution is -2.36. The fourth-order valence-electron chi connectivity index (χ4n) is 1.12. The molecule has 0 atom stereocenters. The van der Waals surface area contributed by atoms with Crippen LogP contribution in [0.1, 0.15) is 20.1 Å². The molecule has 0 aliphatic heterocycles. The molecular formula is C9H14N2OS. The molecule has 1 amide bonds. The van der Waals surface area contributed by atoms with Crippen LogP contribution in [-0.4, -0.2) is 25.0 Å². The van der Waals surface area contributed by atoms with E-state index in [0.29, 0.717) is 0 Å². The number of amides is 1. The first-order valence-corrected chi connectivity index (χ1v) is 4.87. The van der Waals surface area contributed by atoms with Crippen molar-refractivity contribution < 1.29 is 4.79 Å². The Kier molecular flexibility index (Phi) is 3.06. The Morgan fingerprint density at radius 1 is 1.46 bits per heavy atom. The van der Waals surface area contributed by atoms with E-state index in [1.54, 1.807) is 30.4 Å². The highest BCUT2D eigenvalue weighted by atomic mass is 32.1. The van der Waals surface area contributed by atoms with Crippen molar-refractivity contribution in [2.75, 3.05) is 14.1 Å². The van der Waals surface area contributed by atoms with Crippen LogP contribution in [0.4, 0.5) is 0 Å². The van der Waals surface area contributed by atoms with Gasteiger partial charge in [0.05, 0.1) is 5.56 Å². The smallest absolute Gasteiger partial charge is 0.266 e. The summed E-state index contributed by atoms with van der Waals surface area (Å²) in [4.78, 5) is 13.8. The molecule has 1 N–H and O–H groups in total. The predicted molar refractivity (Wildman–Crippen MR) is 54.9 cm³/mol. The highest BCUT2D eigenvalue weighted by molar-refractivity contribution is 7.12. The summed E-state index contributed by atoms with van der Waals surface area (Å²) in [7, 11) is 3.60. The van der Waals surface area contributed by atoms with Crippen molar-refractivity contribution in [2.45, 2.75) is 13.8 Å². The van der Waals surface area contributed by atoms with E-state index >= 15 is 0 Å². The molecule has 13 heavy (non-hydrogen) atoms. The van der Waals surface area contributed by atoms with Gasteiger partial charge < -0.3 is 0 Å². The van der Waals surface area contributed by atoms with Crippen LogP contribution in [0, 0.1) is 13.8 Å². The van der Waals surface area contributed by atoms with E-state index in [1.165, 1.54) is 4.88 Å². The molecule has 3 nitrogen and oxygen atoms in total. The number of hydrogen-bond acceptors (Lipinski definition) is 3.